The Balaban J connectivity index is 3.24. The van der Waals surface area contributed by atoms with Crippen LogP contribution >= 0.6 is 15.9 Å². The largest absolute Gasteiger partial charge is 0.467 e. The number of nitrogens with one attached hydrogen (secondary N) is 1. The van der Waals surface area contributed by atoms with Crippen LogP contribution in [0, 0.1) is 0 Å². The molecule has 0 fully saturated rings. The van der Waals surface area contributed by atoms with Crippen molar-refractivity contribution in [3.8, 4) is 0 Å². The third-order valence-corrected chi connectivity index (χ3v) is 3.28. The molecule has 1 rings (SSSR count). The number of halogens is 1. The van der Waals surface area contributed by atoms with Crippen molar-refractivity contribution >= 4 is 21.9 Å². The summed E-state index contributed by atoms with van der Waals surface area (Å²) in [6.07, 6.45) is 0. The van der Waals surface area contributed by atoms with Crippen molar-refractivity contribution in [1.82, 2.24) is 5.32 Å². The van der Waals surface area contributed by atoms with Crippen molar-refractivity contribution < 1.29 is 9.53 Å². The normalized spacial score (nSPS) is 14.5. The van der Waals surface area contributed by atoms with Gasteiger partial charge in [0, 0.05) is 10.5 Å². The first-order valence-electron chi connectivity index (χ1n) is 5.53. The summed E-state index contributed by atoms with van der Waals surface area (Å²) in [5.74, 6) is -0.293. The number of ether oxygens (including phenoxy) is 1. The topological polar surface area (TPSA) is 38.3 Å². The van der Waals surface area contributed by atoms with Gasteiger partial charge in [-0.3, -0.25) is 5.32 Å². The quantitative estimate of drug-likeness (QED) is 0.869. The number of rotatable bonds is 4. The fraction of sp³-hybridized carbons (Fsp3) is 0.462. The Morgan fingerprint density at radius 1 is 1.41 bits per heavy atom. The van der Waals surface area contributed by atoms with Crippen LogP contribution in [0.3, 0.4) is 0 Å². The zero-order chi connectivity index (χ0) is 13.1. The van der Waals surface area contributed by atoms with E-state index in [1.54, 1.807) is 0 Å². The van der Waals surface area contributed by atoms with E-state index in [9.17, 15) is 4.79 Å². The minimum absolute atomic E-state index is 0.172. The molecule has 1 aromatic rings. The number of hydrogen-bond donors (Lipinski definition) is 1. The molecule has 0 aliphatic rings. The van der Waals surface area contributed by atoms with Crippen LogP contribution in [-0.4, -0.2) is 19.1 Å². The van der Waals surface area contributed by atoms with E-state index in [0.29, 0.717) is 0 Å². The van der Waals surface area contributed by atoms with Crippen molar-refractivity contribution in [1.29, 1.82) is 0 Å². The van der Waals surface area contributed by atoms with Gasteiger partial charge in [-0.25, -0.2) is 4.79 Å². The fourth-order valence-corrected chi connectivity index (χ4v) is 2.58. The molecule has 0 radical (unpaired) electrons. The number of carbonyl (C=O) groups is 1. The first kappa shape index (κ1) is 14.2. The van der Waals surface area contributed by atoms with Crippen LogP contribution in [-0.2, 0) is 15.1 Å². The average molecular weight is 300 g/mol. The lowest BCUT2D eigenvalue weighted by Crippen LogP contribution is -2.50. The molecule has 0 saturated carbocycles. The van der Waals surface area contributed by atoms with Crippen LogP contribution in [0.1, 0.15) is 26.3 Å². The van der Waals surface area contributed by atoms with E-state index < -0.39 is 5.54 Å². The summed E-state index contributed by atoms with van der Waals surface area (Å²) >= 11 is 3.47. The van der Waals surface area contributed by atoms with Gasteiger partial charge in [0.1, 0.15) is 5.54 Å². The van der Waals surface area contributed by atoms with Gasteiger partial charge in [0.05, 0.1) is 7.11 Å². The molecule has 0 aliphatic heterocycles. The van der Waals surface area contributed by atoms with Crippen LogP contribution in [0.15, 0.2) is 28.7 Å². The highest BCUT2D eigenvalue weighted by molar-refractivity contribution is 9.10. The molecule has 94 valence electrons. The maximum Gasteiger partial charge on any atom is 0.330 e. The van der Waals surface area contributed by atoms with Crippen LogP contribution in [0.5, 0.6) is 0 Å². The highest BCUT2D eigenvalue weighted by Gasteiger charge is 2.38. The van der Waals surface area contributed by atoms with Crippen molar-refractivity contribution in [2.24, 2.45) is 0 Å². The molecule has 0 amide bonds. The Morgan fingerprint density at radius 3 is 2.47 bits per heavy atom. The summed E-state index contributed by atoms with van der Waals surface area (Å²) in [7, 11) is 1.40. The molecule has 0 aliphatic carbocycles. The molecular weight excluding hydrogens is 282 g/mol. The van der Waals surface area contributed by atoms with E-state index in [0.717, 1.165) is 10.0 Å². The smallest absolute Gasteiger partial charge is 0.330 e. The number of benzene rings is 1. The first-order chi connectivity index (χ1) is 7.91. The second-order valence-corrected chi connectivity index (χ2v) is 5.25. The Labute approximate surface area is 111 Å². The summed E-state index contributed by atoms with van der Waals surface area (Å²) in [6, 6.07) is 7.82. The predicted molar refractivity (Wildman–Crippen MR) is 71.8 cm³/mol. The molecule has 0 saturated heterocycles. The van der Waals surface area contributed by atoms with Gasteiger partial charge in [0.15, 0.2) is 0 Å². The maximum absolute atomic E-state index is 12.0. The minimum atomic E-state index is -0.844. The zero-order valence-electron chi connectivity index (χ0n) is 10.6. The SMILES string of the molecule is COC(=O)C(C)(NC(C)C)c1ccccc1Br. The van der Waals surface area contributed by atoms with Crippen LogP contribution in [0.4, 0.5) is 0 Å². The number of carbonyl (C=O) groups excluding carboxylic acids is 1. The van der Waals surface area contributed by atoms with E-state index in [4.69, 9.17) is 4.74 Å². The molecule has 0 bridgehead atoms. The monoisotopic (exact) mass is 299 g/mol. The van der Waals surface area contributed by atoms with Gasteiger partial charge in [0.2, 0.25) is 0 Å². The summed E-state index contributed by atoms with van der Waals surface area (Å²) in [5, 5.41) is 3.26. The number of hydrogen-bond acceptors (Lipinski definition) is 3. The molecule has 1 atom stereocenters. The summed E-state index contributed by atoms with van der Waals surface area (Å²) in [4.78, 5) is 12.0. The number of methoxy groups -OCH3 is 1. The third kappa shape index (κ3) is 3.07. The molecule has 0 spiro atoms. The molecule has 0 heterocycles. The van der Waals surface area contributed by atoms with Gasteiger partial charge in [-0.15, -0.1) is 0 Å². The van der Waals surface area contributed by atoms with Crippen molar-refractivity contribution in [3.63, 3.8) is 0 Å². The molecule has 3 nitrogen and oxygen atoms in total. The number of esters is 1. The average Bonchev–Trinajstić information content (AvgIpc) is 2.27. The van der Waals surface area contributed by atoms with Gasteiger partial charge < -0.3 is 4.74 Å². The second-order valence-electron chi connectivity index (χ2n) is 4.40. The second kappa shape index (κ2) is 5.65. The lowest BCUT2D eigenvalue weighted by Gasteiger charge is -2.31. The predicted octanol–water partition coefficient (Wildman–Crippen LogP) is 2.84. The van der Waals surface area contributed by atoms with Crippen LogP contribution < -0.4 is 5.32 Å². The lowest BCUT2D eigenvalue weighted by molar-refractivity contribution is -0.148. The fourth-order valence-electron chi connectivity index (χ4n) is 1.89. The van der Waals surface area contributed by atoms with Gasteiger partial charge in [-0.2, -0.15) is 0 Å². The van der Waals surface area contributed by atoms with Crippen molar-refractivity contribution in [2.75, 3.05) is 7.11 Å². The van der Waals surface area contributed by atoms with E-state index in [2.05, 4.69) is 21.2 Å². The van der Waals surface area contributed by atoms with Gasteiger partial charge in [0.25, 0.3) is 0 Å². The standard InChI is InChI=1S/C13H18BrNO2/c1-9(2)15-13(3,12(16)17-4)10-7-5-6-8-11(10)14/h5-9,15H,1-4H3. The van der Waals surface area contributed by atoms with Gasteiger partial charge in [-0.05, 0) is 32.4 Å². The highest BCUT2D eigenvalue weighted by Crippen LogP contribution is 2.29. The Morgan fingerprint density at radius 2 is 2.00 bits per heavy atom. The lowest BCUT2D eigenvalue weighted by atomic mass is 9.91. The van der Waals surface area contributed by atoms with Crippen LogP contribution in [0.2, 0.25) is 0 Å². The summed E-state index contributed by atoms with van der Waals surface area (Å²) < 4.78 is 5.79. The molecule has 4 heteroatoms. The minimum Gasteiger partial charge on any atom is -0.467 e. The summed E-state index contributed by atoms with van der Waals surface area (Å²) in [6.45, 7) is 5.83. The van der Waals surface area contributed by atoms with E-state index in [1.165, 1.54) is 7.11 Å². The van der Waals surface area contributed by atoms with Gasteiger partial charge in [-0.1, -0.05) is 34.1 Å². The van der Waals surface area contributed by atoms with Crippen LogP contribution in [0.25, 0.3) is 0 Å². The van der Waals surface area contributed by atoms with Gasteiger partial charge >= 0.3 is 5.97 Å². The van der Waals surface area contributed by atoms with E-state index >= 15 is 0 Å². The molecule has 0 aromatic heterocycles. The van der Waals surface area contributed by atoms with E-state index in [1.807, 2.05) is 45.0 Å². The third-order valence-electron chi connectivity index (χ3n) is 2.58. The Kier molecular flexibility index (Phi) is 4.71. The maximum atomic E-state index is 12.0. The summed E-state index contributed by atoms with van der Waals surface area (Å²) in [5.41, 5.74) is 0.0313. The Hall–Kier alpha value is -0.870. The first-order valence-corrected chi connectivity index (χ1v) is 6.32. The molecule has 17 heavy (non-hydrogen) atoms. The Bertz CT molecular complexity index is 406. The van der Waals surface area contributed by atoms with E-state index in [-0.39, 0.29) is 12.0 Å². The van der Waals surface area contributed by atoms with Crippen molar-refractivity contribution in [2.45, 2.75) is 32.4 Å². The highest BCUT2D eigenvalue weighted by atomic mass is 79.9. The molecular formula is C13H18BrNO2. The van der Waals surface area contributed by atoms with Crippen molar-refractivity contribution in [3.05, 3.63) is 34.3 Å². The molecule has 1 N–H and O–H groups in total. The molecule has 1 unspecified atom stereocenters. The molecule has 1 aromatic carbocycles. The zero-order valence-corrected chi connectivity index (χ0v) is 12.2.